The second-order valence-electron chi connectivity index (χ2n) is 2.40. The Labute approximate surface area is 94.1 Å². The quantitative estimate of drug-likeness (QED) is 0.572. The van der Waals surface area contributed by atoms with E-state index in [2.05, 4.69) is 20.2 Å². The molecule has 0 saturated heterocycles. The molecule has 0 spiro atoms. The zero-order valence-corrected chi connectivity index (χ0v) is 9.36. The van der Waals surface area contributed by atoms with Gasteiger partial charge in [0.1, 0.15) is 5.52 Å². The fourth-order valence-corrected chi connectivity index (χ4v) is 1.66. The molecule has 0 fully saturated rings. The monoisotopic (exact) mass is 246 g/mol. The smallest absolute Gasteiger partial charge is 0.187 e. The van der Waals surface area contributed by atoms with Crippen molar-refractivity contribution in [1.82, 2.24) is 20.2 Å². The molecule has 4 nitrogen and oxygen atoms in total. The van der Waals surface area contributed by atoms with Crippen molar-refractivity contribution in [2.24, 2.45) is 0 Å². The van der Waals surface area contributed by atoms with Crippen molar-refractivity contribution in [3.63, 3.8) is 0 Å². The number of aromatic nitrogens is 4. The van der Waals surface area contributed by atoms with Crippen molar-refractivity contribution in [2.45, 2.75) is 5.16 Å². The van der Waals surface area contributed by atoms with Crippen molar-refractivity contribution < 1.29 is 0 Å². The molecule has 0 N–H and O–H groups in total. The minimum atomic E-state index is 0.238. The highest BCUT2D eigenvalue weighted by Gasteiger charge is 2.08. The Morgan fingerprint density at radius 3 is 2.64 bits per heavy atom. The summed E-state index contributed by atoms with van der Waals surface area (Å²) in [4.78, 5) is 8.26. The summed E-state index contributed by atoms with van der Waals surface area (Å²) in [6, 6.07) is 0. The number of thioether (sulfide) groups is 1. The lowest BCUT2D eigenvalue weighted by molar-refractivity contribution is 0.979. The lowest BCUT2D eigenvalue weighted by Gasteiger charge is -2.00. The van der Waals surface area contributed by atoms with E-state index >= 15 is 0 Å². The minimum Gasteiger partial charge on any atom is -0.230 e. The third-order valence-electron chi connectivity index (χ3n) is 1.59. The average Bonchev–Trinajstić information content (AvgIpc) is 2.23. The van der Waals surface area contributed by atoms with Crippen LogP contribution in [0.25, 0.3) is 10.9 Å². The van der Waals surface area contributed by atoms with Gasteiger partial charge in [-0.15, -0.1) is 10.2 Å². The summed E-state index contributed by atoms with van der Waals surface area (Å²) >= 11 is 13.1. The Balaban J connectivity index is 2.80. The van der Waals surface area contributed by atoms with Gasteiger partial charge in [0.25, 0.3) is 0 Å². The highest BCUT2D eigenvalue weighted by atomic mass is 35.5. The van der Waals surface area contributed by atoms with E-state index in [1.54, 1.807) is 6.20 Å². The molecule has 2 heterocycles. The Morgan fingerprint density at radius 2 is 1.93 bits per heavy atom. The van der Waals surface area contributed by atoms with Gasteiger partial charge in [-0.05, 0) is 6.26 Å². The fraction of sp³-hybridized carbons (Fsp3) is 0.143. The third-order valence-corrected chi connectivity index (χ3v) is 2.69. The van der Waals surface area contributed by atoms with Crippen LogP contribution in [0.4, 0.5) is 0 Å². The van der Waals surface area contributed by atoms with E-state index in [1.165, 1.54) is 11.8 Å². The van der Waals surface area contributed by atoms with Crippen LogP contribution in [-0.2, 0) is 0 Å². The van der Waals surface area contributed by atoms with Crippen LogP contribution in [0.3, 0.4) is 0 Å². The van der Waals surface area contributed by atoms with Crippen molar-refractivity contribution in [2.75, 3.05) is 6.26 Å². The standard InChI is InChI=1S/C7H4Cl2N4S/c1-14-7-10-2-3-4(11-7)6(9)13-12-5(3)8/h2H,1H3. The summed E-state index contributed by atoms with van der Waals surface area (Å²) in [5, 5.41) is 9.07. The number of hydrogen-bond donors (Lipinski definition) is 0. The van der Waals surface area contributed by atoms with E-state index in [9.17, 15) is 0 Å². The molecule has 0 aliphatic carbocycles. The summed E-state index contributed by atoms with van der Waals surface area (Å²) in [5.41, 5.74) is 0.533. The fourth-order valence-electron chi connectivity index (χ4n) is 0.961. The summed E-state index contributed by atoms with van der Waals surface area (Å²) < 4.78 is 0. The van der Waals surface area contributed by atoms with Gasteiger partial charge in [0.05, 0.1) is 5.39 Å². The van der Waals surface area contributed by atoms with Gasteiger partial charge < -0.3 is 0 Å². The van der Waals surface area contributed by atoms with Gasteiger partial charge in [-0.2, -0.15) is 0 Å². The molecule has 0 aromatic carbocycles. The number of hydrogen-bond acceptors (Lipinski definition) is 5. The van der Waals surface area contributed by atoms with Gasteiger partial charge in [0, 0.05) is 6.20 Å². The molecule has 0 atom stereocenters. The summed E-state index contributed by atoms with van der Waals surface area (Å²) in [5.74, 6) is 0. The zero-order valence-electron chi connectivity index (χ0n) is 7.03. The Hall–Kier alpha value is -0.650. The molecule has 72 valence electrons. The normalized spacial score (nSPS) is 10.8. The highest BCUT2D eigenvalue weighted by Crippen LogP contribution is 2.24. The minimum absolute atomic E-state index is 0.238. The first-order valence-electron chi connectivity index (χ1n) is 3.61. The van der Waals surface area contributed by atoms with Crippen LogP contribution in [0.5, 0.6) is 0 Å². The molecular formula is C7H4Cl2N4S. The molecule has 0 amide bonds. The Kier molecular flexibility index (Phi) is 2.71. The third kappa shape index (κ3) is 1.63. The van der Waals surface area contributed by atoms with Crippen LogP contribution in [0, 0.1) is 0 Å². The Morgan fingerprint density at radius 1 is 1.21 bits per heavy atom. The molecule has 0 aliphatic heterocycles. The van der Waals surface area contributed by atoms with E-state index in [-0.39, 0.29) is 10.3 Å². The van der Waals surface area contributed by atoms with Crippen molar-refractivity contribution in [3.05, 3.63) is 16.5 Å². The molecule has 2 aromatic heterocycles. The molecule has 0 saturated carbocycles. The summed E-state index contributed by atoms with van der Waals surface area (Å²) in [6.45, 7) is 0. The first-order chi connectivity index (χ1) is 6.72. The predicted molar refractivity (Wildman–Crippen MR) is 56.9 cm³/mol. The lowest BCUT2D eigenvalue weighted by Crippen LogP contribution is -1.92. The van der Waals surface area contributed by atoms with E-state index in [4.69, 9.17) is 23.2 Å². The van der Waals surface area contributed by atoms with Gasteiger partial charge in [0.2, 0.25) is 0 Å². The van der Waals surface area contributed by atoms with Crippen LogP contribution >= 0.6 is 35.0 Å². The second kappa shape index (κ2) is 3.84. The molecular weight excluding hydrogens is 243 g/mol. The van der Waals surface area contributed by atoms with Crippen LogP contribution in [-0.4, -0.2) is 26.4 Å². The van der Waals surface area contributed by atoms with Gasteiger partial charge >= 0.3 is 0 Å². The first kappa shape index (κ1) is 9.89. The van der Waals surface area contributed by atoms with Crippen LogP contribution in [0.1, 0.15) is 0 Å². The maximum absolute atomic E-state index is 5.83. The topological polar surface area (TPSA) is 51.6 Å². The first-order valence-corrected chi connectivity index (χ1v) is 5.59. The second-order valence-corrected chi connectivity index (χ2v) is 3.89. The zero-order chi connectivity index (χ0) is 10.1. The number of nitrogens with zero attached hydrogens (tertiary/aromatic N) is 4. The molecule has 7 heteroatoms. The van der Waals surface area contributed by atoms with Gasteiger partial charge in [0.15, 0.2) is 15.5 Å². The summed E-state index contributed by atoms with van der Waals surface area (Å²) in [7, 11) is 0. The predicted octanol–water partition coefficient (Wildman–Crippen LogP) is 2.45. The molecule has 14 heavy (non-hydrogen) atoms. The highest BCUT2D eigenvalue weighted by molar-refractivity contribution is 7.98. The van der Waals surface area contributed by atoms with Crippen molar-refractivity contribution in [3.8, 4) is 0 Å². The van der Waals surface area contributed by atoms with Crippen molar-refractivity contribution >= 4 is 45.9 Å². The van der Waals surface area contributed by atoms with Crippen LogP contribution in [0.2, 0.25) is 10.3 Å². The molecule has 2 aromatic rings. The number of halogens is 2. The van der Waals surface area contributed by atoms with E-state index < -0.39 is 0 Å². The molecule has 0 aliphatic rings. The Bertz CT molecular complexity index is 490. The number of fused-ring (bicyclic) bond motifs is 1. The lowest BCUT2D eigenvalue weighted by atomic mass is 10.4. The van der Waals surface area contributed by atoms with E-state index in [0.29, 0.717) is 16.1 Å². The van der Waals surface area contributed by atoms with Gasteiger partial charge in [-0.25, -0.2) is 9.97 Å². The summed E-state index contributed by atoms with van der Waals surface area (Å²) in [6.07, 6.45) is 3.47. The largest absolute Gasteiger partial charge is 0.230 e. The van der Waals surface area contributed by atoms with Crippen LogP contribution in [0.15, 0.2) is 11.4 Å². The molecule has 0 unspecified atom stereocenters. The van der Waals surface area contributed by atoms with Gasteiger partial charge in [-0.1, -0.05) is 35.0 Å². The maximum Gasteiger partial charge on any atom is 0.187 e. The van der Waals surface area contributed by atoms with E-state index in [0.717, 1.165) is 0 Å². The van der Waals surface area contributed by atoms with E-state index in [1.807, 2.05) is 6.26 Å². The molecule has 0 radical (unpaired) electrons. The number of rotatable bonds is 1. The SMILES string of the molecule is CSc1ncc2c(Cl)nnc(Cl)c2n1. The molecule has 0 bridgehead atoms. The average molecular weight is 247 g/mol. The van der Waals surface area contributed by atoms with Gasteiger partial charge in [-0.3, -0.25) is 0 Å². The van der Waals surface area contributed by atoms with Crippen LogP contribution < -0.4 is 0 Å². The van der Waals surface area contributed by atoms with Crippen molar-refractivity contribution in [1.29, 1.82) is 0 Å². The molecule has 2 rings (SSSR count). The maximum atomic E-state index is 5.83.